The monoisotopic (exact) mass is 318 g/mol. The lowest BCUT2D eigenvalue weighted by molar-refractivity contribution is 0.0529. The van der Waals surface area contributed by atoms with Crippen molar-refractivity contribution in [3.8, 4) is 0 Å². The van der Waals surface area contributed by atoms with Crippen molar-refractivity contribution in [2.45, 2.75) is 33.3 Å². The Balaban J connectivity index is 2.57. The van der Waals surface area contributed by atoms with Crippen molar-refractivity contribution in [3.05, 3.63) is 20.8 Å². The first-order chi connectivity index (χ1) is 7.78. The molecule has 94 valence electrons. The van der Waals surface area contributed by atoms with Gasteiger partial charge >= 0.3 is 6.09 Å². The van der Waals surface area contributed by atoms with Gasteiger partial charge in [-0.1, -0.05) is 0 Å². The van der Waals surface area contributed by atoms with E-state index in [4.69, 9.17) is 4.74 Å². The van der Waals surface area contributed by atoms with E-state index in [1.54, 1.807) is 32.1 Å². The number of thiophene rings is 1. The molecule has 1 amide bonds. The number of hydrogen-bond donors (Lipinski definition) is 1. The van der Waals surface area contributed by atoms with Gasteiger partial charge < -0.3 is 4.74 Å². The highest BCUT2D eigenvalue weighted by Gasteiger charge is 2.15. The van der Waals surface area contributed by atoms with Crippen LogP contribution in [-0.2, 0) is 4.74 Å². The van der Waals surface area contributed by atoms with E-state index in [-0.39, 0.29) is 0 Å². The van der Waals surface area contributed by atoms with Crippen LogP contribution >= 0.6 is 27.3 Å². The maximum Gasteiger partial charge on any atom is 0.428 e. The Morgan fingerprint density at radius 3 is 2.59 bits per heavy atom. The van der Waals surface area contributed by atoms with Gasteiger partial charge in [-0.05, 0) is 55.8 Å². The van der Waals surface area contributed by atoms with E-state index >= 15 is 0 Å². The summed E-state index contributed by atoms with van der Waals surface area (Å²) in [5.41, 5.74) is 2.59. The molecule has 0 spiro atoms. The topological polar surface area (TPSA) is 50.7 Å². The zero-order valence-electron chi connectivity index (χ0n) is 10.2. The van der Waals surface area contributed by atoms with Gasteiger partial charge in [0.2, 0.25) is 0 Å². The van der Waals surface area contributed by atoms with E-state index in [1.165, 1.54) is 0 Å². The lowest BCUT2D eigenvalue weighted by atomic mass is 10.2. The van der Waals surface area contributed by atoms with E-state index < -0.39 is 11.7 Å². The fourth-order valence-electron chi connectivity index (χ4n) is 0.994. The lowest BCUT2D eigenvalue weighted by Crippen LogP contribution is -2.30. The molecule has 0 fully saturated rings. The molecule has 0 saturated heterocycles. The summed E-state index contributed by atoms with van der Waals surface area (Å²) in [5.74, 6) is 0. The Labute approximate surface area is 113 Å². The number of hydrogen-bond acceptors (Lipinski definition) is 4. The van der Waals surface area contributed by atoms with Crippen LogP contribution in [0.15, 0.2) is 21.0 Å². The summed E-state index contributed by atoms with van der Waals surface area (Å²) in [4.78, 5) is 12.3. The van der Waals surface area contributed by atoms with Crippen molar-refractivity contribution < 1.29 is 9.53 Å². The predicted molar refractivity (Wildman–Crippen MR) is 73.6 cm³/mol. The zero-order chi connectivity index (χ0) is 13.1. The molecule has 1 aromatic heterocycles. The van der Waals surface area contributed by atoms with Crippen LogP contribution in [0.4, 0.5) is 4.79 Å². The summed E-state index contributed by atoms with van der Waals surface area (Å²) in [6.45, 7) is 7.24. The molecular formula is C11H15BrN2O2S. The molecule has 0 bridgehead atoms. The summed E-state index contributed by atoms with van der Waals surface area (Å²) in [7, 11) is 0. The fraction of sp³-hybridized carbons (Fsp3) is 0.455. The smallest absolute Gasteiger partial charge is 0.428 e. The molecule has 1 aromatic rings. The van der Waals surface area contributed by atoms with E-state index in [9.17, 15) is 4.79 Å². The number of rotatable bonds is 2. The molecule has 0 radical (unpaired) electrons. The summed E-state index contributed by atoms with van der Waals surface area (Å²) in [6, 6.07) is 3.87. The van der Waals surface area contributed by atoms with Crippen LogP contribution in [0.2, 0.25) is 0 Å². The third-order valence-electron chi connectivity index (χ3n) is 1.64. The van der Waals surface area contributed by atoms with Crippen LogP contribution in [0.5, 0.6) is 0 Å². The average Bonchev–Trinajstić information content (AvgIpc) is 2.58. The molecule has 0 atom stereocenters. The second kappa shape index (κ2) is 5.64. The van der Waals surface area contributed by atoms with E-state index in [0.29, 0.717) is 0 Å². The Morgan fingerprint density at radius 2 is 2.12 bits per heavy atom. The first kappa shape index (κ1) is 14.2. The van der Waals surface area contributed by atoms with Crippen LogP contribution in [0.1, 0.15) is 32.6 Å². The molecule has 0 aromatic carbocycles. The molecule has 17 heavy (non-hydrogen) atoms. The maximum atomic E-state index is 11.4. The van der Waals surface area contributed by atoms with Crippen molar-refractivity contribution in [3.63, 3.8) is 0 Å². The van der Waals surface area contributed by atoms with Gasteiger partial charge in [-0.15, -0.1) is 11.3 Å². The average molecular weight is 319 g/mol. The number of nitrogens with one attached hydrogen (secondary N) is 1. The van der Waals surface area contributed by atoms with Crippen LogP contribution in [-0.4, -0.2) is 17.4 Å². The van der Waals surface area contributed by atoms with Crippen LogP contribution in [0.25, 0.3) is 0 Å². The SMILES string of the molecule is C/C(=N\NC(=O)OC(C)(C)C)c1ccc(Br)s1. The normalized spacial score (nSPS) is 12.4. The number of halogens is 1. The minimum atomic E-state index is -0.549. The zero-order valence-corrected chi connectivity index (χ0v) is 12.6. The summed E-state index contributed by atoms with van der Waals surface area (Å²) < 4.78 is 6.09. The molecule has 0 aliphatic rings. The van der Waals surface area contributed by atoms with Crippen molar-refractivity contribution in [2.75, 3.05) is 0 Å². The molecule has 0 aliphatic carbocycles. The Kier molecular flexibility index (Phi) is 4.70. The van der Waals surface area contributed by atoms with Gasteiger partial charge in [0.15, 0.2) is 0 Å². The number of amides is 1. The molecule has 1 N–H and O–H groups in total. The minimum Gasteiger partial charge on any atom is -0.443 e. The molecule has 1 heterocycles. The summed E-state index contributed by atoms with van der Waals surface area (Å²) >= 11 is 4.93. The number of ether oxygens (including phenoxy) is 1. The van der Waals surface area contributed by atoms with Gasteiger partial charge in [0, 0.05) is 0 Å². The van der Waals surface area contributed by atoms with E-state index in [2.05, 4.69) is 26.5 Å². The number of hydrazone groups is 1. The Morgan fingerprint density at radius 1 is 1.47 bits per heavy atom. The Hall–Kier alpha value is -0.880. The standard InChI is InChI=1S/C11H15BrN2O2S/c1-7(8-5-6-9(12)17-8)13-14-10(15)16-11(2,3)4/h5-6H,1-4H3,(H,14,15)/b13-7+. The lowest BCUT2D eigenvalue weighted by Gasteiger charge is -2.18. The highest BCUT2D eigenvalue weighted by molar-refractivity contribution is 9.11. The first-order valence-corrected chi connectivity index (χ1v) is 6.68. The van der Waals surface area contributed by atoms with Gasteiger partial charge in [-0.25, -0.2) is 10.2 Å². The number of carbonyl (C=O) groups is 1. The number of nitrogens with zero attached hydrogens (tertiary/aromatic N) is 1. The number of carbonyl (C=O) groups excluding carboxylic acids is 1. The van der Waals surface area contributed by atoms with Crippen LogP contribution in [0, 0.1) is 0 Å². The van der Waals surface area contributed by atoms with E-state index in [1.807, 2.05) is 19.1 Å². The molecule has 6 heteroatoms. The maximum absolute atomic E-state index is 11.4. The Bertz CT molecular complexity index is 435. The highest BCUT2D eigenvalue weighted by atomic mass is 79.9. The first-order valence-electron chi connectivity index (χ1n) is 5.07. The second-order valence-electron chi connectivity index (χ2n) is 4.41. The van der Waals surface area contributed by atoms with Gasteiger partial charge in [0.05, 0.1) is 14.4 Å². The predicted octanol–water partition coefficient (Wildman–Crippen LogP) is 3.76. The largest absolute Gasteiger partial charge is 0.443 e. The van der Waals surface area contributed by atoms with Gasteiger partial charge in [-0.2, -0.15) is 5.10 Å². The second-order valence-corrected chi connectivity index (χ2v) is 6.88. The van der Waals surface area contributed by atoms with Gasteiger partial charge in [0.1, 0.15) is 5.60 Å². The molecule has 4 nitrogen and oxygen atoms in total. The van der Waals surface area contributed by atoms with Crippen molar-refractivity contribution in [1.29, 1.82) is 0 Å². The van der Waals surface area contributed by atoms with Crippen molar-refractivity contribution in [1.82, 2.24) is 5.43 Å². The van der Waals surface area contributed by atoms with Crippen LogP contribution < -0.4 is 5.43 Å². The molecule has 1 rings (SSSR count). The summed E-state index contributed by atoms with van der Waals surface area (Å²) in [6.07, 6.45) is -0.549. The van der Waals surface area contributed by atoms with Crippen molar-refractivity contribution in [2.24, 2.45) is 5.10 Å². The minimum absolute atomic E-state index is 0.514. The fourth-order valence-corrected chi connectivity index (χ4v) is 2.33. The van der Waals surface area contributed by atoms with Crippen molar-refractivity contribution >= 4 is 39.1 Å². The molecule has 0 unspecified atom stereocenters. The highest BCUT2D eigenvalue weighted by Crippen LogP contribution is 2.22. The third kappa shape index (κ3) is 5.32. The molecule has 0 aliphatic heterocycles. The van der Waals surface area contributed by atoms with Crippen LogP contribution in [0.3, 0.4) is 0 Å². The van der Waals surface area contributed by atoms with E-state index in [0.717, 1.165) is 14.4 Å². The quantitative estimate of drug-likeness (QED) is 0.666. The molecular weight excluding hydrogens is 304 g/mol. The van der Waals surface area contributed by atoms with Gasteiger partial charge in [-0.3, -0.25) is 0 Å². The molecule has 0 saturated carbocycles. The van der Waals surface area contributed by atoms with Gasteiger partial charge in [0.25, 0.3) is 0 Å². The third-order valence-corrected chi connectivity index (χ3v) is 3.38. The summed E-state index contributed by atoms with van der Waals surface area (Å²) in [5, 5.41) is 3.97.